The first-order chi connectivity index (χ1) is 8.58. The van der Waals surface area contributed by atoms with Gasteiger partial charge in [-0.1, -0.05) is 11.6 Å². The number of benzene rings is 1. The van der Waals surface area contributed by atoms with Crippen LogP contribution in [0.4, 0.5) is 5.69 Å². The molecule has 5 heteroatoms. The van der Waals surface area contributed by atoms with E-state index in [9.17, 15) is 4.79 Å². The molecule has 1 aromatic heterocycles. The van der Waals surface area contributed by atoms with E-state index in [1.54, 1.807) is 36.6 Å². The van der Waals surface area contributed by atoms with Gasteiger partial charge in [0, 0.05) is 5.56 Å². The number of nitrogen functional groups attached to an aromatic ring is 1. The number of halogens is 1. The zero-order valence-corrected chi connectivity index (χ0v) is 10.6. The fourth-order valence-corrected chi connectivity index (χ4v) is 1.69. The van der Waals surface area contributed by atoms with Crippen LogP contribution in [-0.4, -0.2) is 5.91 Å². The van der Waals surface area contributed by atoms with Crippen LogP contribution in [0.25, 0.3) is 0 Å². The molecule has 0 aliphatic carbocycles. The van der Waals surface area contributed by atoms with Gasteiger partial charge in [0.05, 0.1) is 23.0 Å². The molecule has 94 valence electrons. The molecule has 0 radical (unpaired) electrons. The summed E-state index contributed by atoms with van der Waals surface area (Å²) >= 11 is 5.80. The minimum Gasteiger partial charge on any atom is -0.467 e. The highest BCUT2D eigenvalue weighted by Crippen LogP contribution is 2.20. The van der Waals surface area contributed by atoms with Gasteiger partial charge in [-0.25, -0.2) is 0 Å². The van der Waals surface area contributed by atoms with Gasteiger partial charge in [-0.2, -0.15) is 0 Å². The largest absolute Gasteiger partial charge is 0.467 e. The molecular formula is C13H13ClN2O2. The topological polar surface area (TPSA) is 68.3 Å². The van der Waals surface area contributed by atoms with Crippen molar-refractivity contribution < 1.29 is 9.21 Å². The Morgan fingerprint density at radius 1 is 1.44 bits per heavy atom. The van der Waals surface area contributed by atoms with Gasteiger partial charge in [0.2, 0.25) is 0 Å². The molecule has 0 saturated heterocycles. The first-order valence-electron chi connectivity index (χ1n) is 5.47. The van der Waals surface area contributed by atoms with Crippen molar-refractivity contribution in [1.29, 1.82) is 0 Å². The normalized spacial score (nSPS) is 12.1. The average molecular weight is 265 g/mol. The maximum absolute atomic E-state index is 12.0. The Morgan fingerprint density at radius 3 is 2.83 bits per heavy atom. The van der Waals surface area contributed by atoms with Crippen LogP contribution in [-0.2, 0) is 0 Å². The summed E-state index contributed by atoms with van der Waals surface area (Å²) in [6.45, 7) is 1.84. The number of amides is 1. The van der Waals surface area contributed by atoms with Crippen LogP contribution in [0.2, 0.25) is 5.02 Å². The Balaban J connectivity index is 2.10. The number of hydrogen-bond acceptors (Lipinski definition) is 3. The van der Waals surface area contributed by atoms with E-state index in [0.717, 1.165) is 0 Å². The molecule has 0 bridgehead atoms. The molecule has 1 aromatic carbocycles. The van der Waals surface area contributed by atoms with Crippen molar-refractivity contribution in [3.8, 4) is 0 Å². The molecule has 0 saturated carbocycles. The van der Waals surface area contributed by atoms with Crippen molar-refractivity contribution in [2.24, 2.45) is 0 Å². The van der Waals surface area contributed by atoms with Crippen molar-refractivity contribution in [2.45, 2.75) is 13.0 Å². The molecular weight excluding hydrogens is 252 g/mol. The predicted molar refractivity (Wildman–Crippen MR) is 70.5 cm³/mol. The Labute approximate surface area is 110 Å². The van der Waals surface area contributed by atoms with Gasteiger partial charge in [-0.05, 0) is 37.3 Å². The number of carbonyl (C=O) groups is 1. The van der Waals surface area contributed by atoms with E-state index in [1.807, 2.05) is 6.92 Å². The number of nitrogens with one attached hydrogen (secondary N) is 1. The SMILES string of the molecule is CC(NC(=O)c1ccc(Cl)c(N)c1)c1ccco1. The lowest BCUT2D eigenvalue weighted by molar-refractivity contribution is 0.0935. The maximum atomic E-state index is 12.0. The molecule has 0 aliphatic heterocycles. The van der Waals surface area contributed by atoms with E-state index in [4.69, 9.17) is 21.8 Å². The molecule has 18 heavy (non-hydrogen) atoms. The van der Waals surface area contributed by atoms with Gasteiger partial charge >= 0.3 is 0 Å². The van der Waals surface area contributed by atoms with E-state index < -0.39 is 0 Å². The standard InChI is InChI=1S/C13H13ClN2O2/c1-8(12-3-2-6-18-12)16-13(17)9-4-5-10(14)11(15)7-9/h2-8H,15H2,1H3,(H,16,17). The summed E-state index contributed by atoms with van der Waals surface area (Å²) in [5, 5.41) is 3.25. The molecule has 0 fully saturated rings. The molecule has 2 aromatic rings. The lowest BCUT2D eigenvalue weighted by Crippen LogP contribution is -2.26. The van der Waals surface area contributed by atoms with Crippen molar-refractivity contribution in [1.82, 2.24) is 5.32 Å². The van der Waals surface area contributed by atoms with Gasteiger partial charge in [-0.3, -0.25) is 4.79 Å². The Kier molecular flexibility index (Phi) is 3.58. The van der Waals surface area contributed by atoms with Crippen LogP contribution < -0.4 is 11.1 Å². The van der Waals surface area contributed by atoms with Crippen molar-refractivity contribution in [3.63, 3.8) is 0 Å². The maximum Gasteiger partial charge on any atom is 0.251 e. The van der Waals surface area contributed by atoms with Gasteiger partial charge in [0.25, 0.3) is 5.91 Å². The van der Waals surface area contributed by atoms with E-state index in [-0.39, 0.29) is 11.9 Å². The highest BCUT2D eigenvalue weighted by Gasteiger charge is 2.13. The molecule has 4 nitrogen and oxygen atoms in total. The number of furan rings is 1. The number of nitrogens with two attached hydrogens (primary N) is 1. The molecule has 3 N–H and O–H groups in total. The highest BCUT2D eigenvalue weighted by atomic mass is 35.5. The zero-order chi connectivity index (χ0) is 13.1. The molecule has 2 rings (SSSR count). The van der Waals surface area contributed by atoms with Crippen LogP contribution in [0, 0.1) is 0 Å². The lowest BCUT2D eigenvalue weighted by Gasteiger charge is -2.11. The summed E-state index contributed by atoms with van der Waals surface area (Å²) < 4.78 is 5.21. The number of hydrogen-bond donors (Lipinski definition) is 2. The minimum absolute atomic E-state index is 0.204. The van der Waals surface area contributed by atoms with Crippen LogP contribution in [0.5, 0.6) is 0 Å². The Morgan fingerprint density at radius 2 is 2.22 bits per heavy atom. The summed E-state index contributed by atoms with van der Waals surface area (Å²) in [5.41, 5.74) is 6.51. The third-order valence-electron chi connectivity index (χ3n) is 2.58. The summed E-state index contributed by atoms with van der Waals surface area (Å²) in [5.74, 6) is 0.479. The number of anilines is 1. The monoisotopic (exact) mass is 264 g/mol. The second-order valence-corrected chi connectivity index (χ2v) is 4.35. The Bertz CT molecular complexity index is 552. The summed E-state index contributed by atoms with van der Waals surface area (Å²) in [6, 6.07) is 8.16. The summed E-state index contributed by atoms with van der Waals surface area (Å²) in [7, 11) is 0. The second kappa shape index (κ2) is 5.14. The third-order valence-corrected chi connectivity index (χ3v) is 2.92. The molecule has 1 heterocycles. The van der Waals surface area contributed by atoms with Crippen LogP contribution in [0.3, 0.4) is 0 Å². The van der Waals surface area contributed by atoms with Gasteiger partial charge in [0.1, 0.15) is 5.76 Å². The lowest BCUT2D eigenvalue weighted by atomic mass is 10.1. The minimum atomic E-state index is -0.220. The van der Waals surface area contributed by atoms with E-state index >= 15 is 0 Å². The predicted octanol–water partition coefficient (Wildman–Crippen LogP) is 3.01. The first-order valence-corrected chi connectivity index (χ1v) is 5.85. The van der Waals surface area contributed by atoms with Gasteiger partial charge in [0.15, 0.2) is 0 Å². The van der Waals surface area contributed by atoms with Gasteiger partial charge in [-0.15, -0.1) is 0 Å². The summed E-state index contributed by atoms with van der Waals surface area (Å²) in [6.07, 6.45) is 1.57. The third kappa shape index (κ3) is 2.65. The van der Waals surface area contributed by atoms with Crippen LogP contribution >= 0.6 is 11.6 Å². The fraction of sp³-hybridized carbons (Fsp3) is 0.154. The van der Waals surface area contributed by atoms with E-state index in [0.29, 0.717) is 22.0 Å². The van der Waals surface area contributed by atoms with Crippen molar-refractivity contribution >= 4 is 23.2 Å². The Hall–Kier alpha value is -1.94. The van der Waals surface area contributed by atoms with E-state index in [1.165, 1.54) is 0 Å². The van der Waals surface area contributed by atoms with Gasteiger partial charge < -0.3 is 15.5 Å². The molecule has 0 aliphatic rings. The highest BCUT2D eigenvalue weighted by molar-refractivity contribution is 6.33. The van der Waals surface area contributed by atoms with E-state index in [2.05, 4.69) is 5.32 Å². The average Bonchev–Trinajstić information content (AvgIpc) is 2.86. The number of carbonyl (C=O) groups excluding carboxylic acids is 1. The summed E-state index contributed by atoms with van der Waals surface area (Å²) in [4.78, 5) is 12.0. The second-order valence-electron chi connectivity index (χ2n) is 3.95. The van der Waals surface area contributed by atoms with Crippen molar-refractivity contribution in [2.75, 3.05) is 5.73 Å². The van der Waals surface area contributed by atoms with Crippen molar-refractivity contribution in [3.05, 3.63) is 52.9 Å². The molecule has 1 atom stereocenters. The van der Waals surface area contributed by atoms with Crippen LogP contribution in [0.15, 0.2) is 41.0 Å². The molecule has 0 spiro atoms. The fourth-order valence-electron chi connectivity index (χ4n) is 1.57. The molecule has 1 amide bonds. The zero-order valence-electron chi connectivity index (χ0n) is 9.81. The number of rotatable bonds is 3. The quantitative estimate of drug-likeness (QED) is 0.838. The smallest absolute Gasteiger partial charge is 0.251 e. The van der Waals surface area contributed by atoms with Crippen LogP contribution in [0.1, 0.15) is 29.1 Å². The molecule has 1 unspecified atom stereocenters. The first kappa shape index (κ1) is 12.5.